The van der Waals surface area contributed by atoms with Crippen molar-refractivity contribution in [3.8, 4) is 0 Å². The number of nitro groups is 1. The van der Waals surface area contributed by atoms with Gasteiger partial charge in [-0.25, -0.2) is 4.90 Å². The van der Waals surface area contributed by atoms with Crippen molar-refractivity contribution in [3.05, 3.63) is 46.0 Å². The highest BCUT2D eigenvalue weighted by atomic mass is 16.6. The molecular weight excluding hydrogens is 284 g/mol. The Labute approximate surface area is 126 Å². The lowest BCUT2D eigenvalue weighted by Gasteiger charge is -2.17. The molecule has 1 aromatic carbocycles. The van der Waals surface area contributed by atoms with E-state index in [9.17, 15) is 19.7 Å². The molecular formula is C16H14N2O4. The van der Waals surface area contributed by atoms with Crippen LogP contribution in [0.3, 0.4) is 0 Å². The number of hydrogen-bond acceptors (Lipinski definition) is 4. The van der Waals surface area contributed by atoms with Gasteiger partial charge in [-0.1, -0.05) is 18.2 Å². The van der Waals surface area contributed by atoms with Crippen LogP contribution in [0.4, 0.5) is 11.4 Å². The lowest BCUT2D eigenvalue weighted by molar-refractivity contribution is -0.384. The van der Waals surface area contributed by atoms with Gasteiger partial charge in [0.05, 0.1) is 16.8 Å². The summed E-state index contributed by atoms with van der Waals surface area (Å²) in [4.78, 5) is 37.2. The highest BCUT2D eigenvalue weighted by molar-refractivity contribution is 6.23. The number of fused-ring (bicyclic) bond motifs is 5. The molecule has 0 unspecified atom stereocenters. The third kappa shape index (κ3) is 1.55. The van der Waals surface area contributed by atoms with Gasteiger partial charge < -0.3 is 0 Å². The van der Waals surface area contributed by atoms with E-state index in [4.69, 9.17) is 0 Å². The number of aryl methyl sites for hydroxylation is 1. The van der Waals surface area contributed by atoms with E-state index < -0.39 is 4.92 Å². The molecule has 3 aliphatic rings. The summed E-state index contributed by atoms with van der Waals surface area (Å²) in [7, 11) is 0. The molecule has 2 amide bonds. The molecule has 4 rings (SSSR count). The van der Waals surface area contributed by atoms with Crippen LogP contribution in [0.5, 0.6) is 0 Å². The van der Waals surface area contributed by atoms with Gasteiger partial charge in [-0.2, -0.15) is 0 Å². The lowest BCUT2D eigenvalue weighted by Crippen LogP contribution is -2.33. The number of benzene rings is 1. The van der Waals surface area contributed by atoms with Gasteiger partial charge in [0.15, 0.2) is 0 Å². The first-order valence-corrected chi connectivity index (χ1v) is 7.30. The number of carbonyl (C=O) groups excluding carboxylic acids is 2. The summed E-state index contributed by atoms with van der Waals surface area (Å²) in [6, 6.07) is 4.58. The molecule has 1 saturated carbocycles. The molecule has 0 spiro atoms. The standard InChI is InChI=1S/C16H14N2O4/c1-8-2-5-11(12(6-8)18(21)22)17-15(19)13-9-3-4-10(7-9)14(13)16(17)20/h2-6,9-10,13-14H,7H2,1H3/t9-,10-,13-,14+/m0/s1. The molecule has 112 valence electrons. The normalized spacial score (nSPS) is 32.0. The maximum Gasteiger partial charge on any atom is 0.293 e. The Kier molecular flexibility index (Phi) is 2.55. The predicted octanol–water partition coefficient (Wildman–Crippen LogP) is 2.21. The van der Waals surface area contributed by atoms with Gasteiger partial charge in [-0.05, 0) is 36.8 Å². The molecule has 4 atom stereocenters. The summed E-state index contributed by atoms with van der Waals surface area (Å²) >= 11 is 0. The van der Waals surface area contributed by atoms with E-state index in [2.05, 4.69) is 0 Å². The number of rotatable bonds is 2. The van der Waals surface area contributed by atoms with E-state index in [-0.39, 0.29) is 46.9 Å². The van der Waals surface area contributed by atoms with Crippen molar-refractivity contribution in [1.29, 1.82) is 0 Å². The second-order valence-corrected chi connectivity index (χ2v) is 6.26. The number of allylic oxidation sites excluding steroid dienone is 2. The van der Waals surface area contributed by atoms with Crippen LogP contribution in [0.1, 0.15) is 12.0 Å². The van der Waals surface area contributed by atoms with Gasteiger partial charge in [-0.15, -0.1) is 0 Å². The topological polar surface area (TPSA) is 80.5 Å². The third-order valence-electron chi connectivity index (χ3n) is 5.04. The number of imide groups is 1. The van der Waals surface area contributed by atoms with Gasteiger partial charge in [0, 0.05) is 6.07 Å². The first kappa shape index (κ1) is 13.2. The average molecular weight is 298 g/mol. The van der Waals surface area contributed by atoms with Crippen molar-refractivity contribution in [2.45, 2.75) is 13.3 Å². The number of anilines is 1. The maximum atomic E-state index is 12.7. The maximum absolute atomic E-state index is 12.7. The molecule has 0 aromatic heterocycles. The number of amides is 2. The molecule has 2 bridgehead atoms. The van der Waals surface area contributed by atoms with E-state index >= 15 is 0 Å². The fourth-order valence-corrected chi connectivity index (χ4v) is 4.11. The Hall–Kier alpha value is -2.50. The molecule has 1 heterocycles. The van der Waals surface area contributed by atoms with E-state index in [1.165, 1.54) is 12.1 Å². The molecule has 0 N–H and O–H groups in total. The van der Waals surface area contributed by atoms with Crippen molar-refractivity contribution in [1.82, 2.24) is 0 Å². The second-order valence-electron chi connectivity index (χ2n) is 6.26. The summed E-state index contributed by atoms with van der Waals surface area (Å²) in [5.41, 5.74) is 0.623. The van der Waals surface area contributed by atoms with Crippen molar-refractivity contribution >= 4 is 23.2 Å². The summed E-state index contributed by atoms with van der Waals surface area (Å²) < 4.78 is 0. The van der Waals surface area contributed by atoms with Crippen molar-refractivity contribution < 1.29 is 14.5 Å². The van der Waals surface area contributed by atoms with Crippen LogP contribution < -0.4 is 4.90 Å². The predicted molar refractivity (Wildman–Crippen MR) is 78.0 cm³/mol. The van der Waals surface area contributed by atoms with Crippen LogP contribution in [0, 0.1) is 40.7 Å². The van der Waals surface area contributed by atoms with Crippen LogP contribution in [0.25, 0.3) is 0 Å². The smallest absolute Gasteiger partial charge is 0.274 e. The molecule has 1 aromatic rings. The summed E-state index contributed by atoms with van der Waals surface area (Å²) in [6.45, 7) is 1.74. The minimum absolute atomic E-state index is 0.0967. The Balaban J connectivity index is 1.81. The quantitative estimate of drug-likeness (QED) is 0.363. The first-order valence-electron chi connectivity index (χ1n) is 7.30. The Bertz CT molecular complexity index is 725. The highest BCUT2D eigenvalue weighted by Crippen LogP contribution is 2.53. The van der Waals surface area contributed by atoms with Crippen LogP contribution in [0.2, 0.25) is 0 Å². The van der Waals surface area contributed by atoms with Gasteiger partial charge in [0.2, 0.25) is 11.8 Å². The van der Waals surface area contributed by atoms with Crippen LogP contribution >= 0.6 is 0 Å². The van der Waals surface area contributed by atoms with Crippen LogP contribution in [0.15, 0.2) is 30.4 Å². The van der Waals surface area contributed by atoms with Crippen LogP contribution in [-0.4, -0.2) is 16.7 Å². The van der Waals surface area contributed by atoms with Crippen molar-refractivity contribution in [2.75, 3.05) is 4.90 Å². The van der Waals surface area contributed by atoms with Crippen LogP contribution in [-0.2, 0) is 9.59 Å². The summed E-state index contributed by atoms with van der Waals surface area (Å²) in [6.07, 6.45) is 4.85. The summed E-state index contributed by atoms with van der Waals surface area (Å²) in [5, 5.41) is 11.3. The third-order valence-corrected chi connectivity index (χ3v) is 5.04. The first-order chi connectivity index (χ1) is 10.5. The number of carbonyl (C=O) groups is 2. The zero-order valence-electron chi connectivity index (χ0n) is 11.9. The van der Waals surface area contributed by atoms with Gasteiger partial charge in [-0.3, -0.25) is 19.7 Å². The van der Waals surface area contributed by atoms with E-state index in [0.29, 0.717) is 0 Å². The fraction of sp³-hybridized carbons (Fsp3) is 0.375. The average Bonchev–Trinajstić information content (AvgIpc) is 3.14. The molecule has 1 saturated heterocycles. The van der Waals surface area contributed by atoms with E-state index in [1.807, 2.05) is 12.2 Å². The zero-order valence-corrected chi connectivity index (χ0v) is 11.9. The number of nitrogens with zero attached hydrogens (tertiary/aromatic N) is 2. The molecule has 2 aliphatic carbocycles. The number of hydrogen-bond donors (Lipinski definition) is 0. The Morgan fingerprint density at radius 3 is 2.27 bits per heavy atom. The monoisotopic (exact) mass is 298 g/mol. The molecule has 1 aliphatic heterocycles. The van der Waals surface area contributed by atoms with Gasteiger partial charge >= 0.3 is 0 Å². The SMILES string of the molecule is Cc1ccc(N2C(=O)[C@@H]3[C@H](C2=O)[C@H]2C=C[C@H]3C2)c([N+](=O)[O-])c1. The molecule has 6 nitrogen and oxygen atoms in total. The van der Waals surface area contributed by atoms with E-state index in [1.54, 1.807) is 13.0 Å². The highest BCUT2D eigenvalue weighted by Gasteiger charge is 2.60. The van der Waals surface area contributed by atoms with Crippen molar-refractivity contribution in [2.24, 2.45) is 23.7 Å². The zero-order chi connectivity index (χ0) is 15.6. The summed E-state index contributed by atoms with van der Waals surface area (Å²) in [5.74, 6) is -1.08. The second kappa shape index (κ2) is 4.25. The van der Waals surface area contributed by atoms with Crippen molar-refractivity contribution in [3.63, 3.8) is 0 Å². The molecule has 2 fully saturated rings. The minimum atomic E-state index is -0.538. The van der Waals surface area contributed by atoms with Gasteiger partial charge in [0.1, 0.15) is 5.69 Å². The fourth-order valence-electron chi connectivity index (χ4n) is 4.11. The Morgan fingerprint density at radius 2 is 1.73 bits per heavy atom. The van der Waals surface area contributed by atoms with Gasteiger partial charge in [0.25, 0.3) is 5.69 Å². The van der Waals surface area contributed by atoms with E-state index in [0.717, 1.165) is 16.9 Å². The molecule has 6 heteroatoms. The minimum Gasteiger partial charge on any atom is -0.274 e. The largest absolute Gasteiger partial charge is 0.293 e. The molecule has 0 radical (unpaired) electrons. The number of nitro benzene ring substituents is 1. The Morgan fingerprint density at radius 1 is 1.14 bits per heavy atom. The lowest BCUT2D eigenvalue weighted by atomic mass is 9.85. The molecule has 22 heavy (non-hydrogen) atoms.